The van der Waals surface area contributed by atoms with Gasteiger partial charge in [-0.2, -0.15) is 8.78 Å². The summed E-state index contributed by atoms with van der Waals surface area (Å²) in [6.07, 6.45) is 0. The summed E-state index contributed by atoms with van der Waals surface area (Å²) in [5, 5.41) is 8.32. The molecule has 0 spiro atoms. The summed E-state index contributed by atoms with van der Waals surface area (Å²) in [5.41, 5.74) is 1.72. The van der Waals surface area contributed by atoms with Crippen LogP contribution in [0.1, 0.15) is 18.5 Å². The van der Waals surface area contributed by atoms with Crippen molar-refractivity contribution in [1.29, 1.82) is 0 Å². The number of halogens is 2. The highest BCUT2D eigenvalue weighted by Crippen LogP contribution is 2.26. The minimum Gasteiger partial charge on any atom is -0.325 e. The van der Waals surface area contributed by atoms with E-state index >= 15 is 0 Å². The van der Waals surface area contributed by atoms with Gasteiger partial charge >= 0.3 is 0 Å². The topological polar surface area (TPSA) is 41.1 Å². The van der Waals surface area contributed by atoms with Gasteiger partial charge in [-0.3, -0.25) is 4.79 Å². The second-order valence-electron chi connectivity index (χ2n) is 6.12. The zero-order chi connectivity index (χ0) is 19.2. The monoisotopic (exact) mass is 386 g/mol. The highest BCUT2D eigenvalue weighted by atomic mass is 32.2. The van der Waals surface area contributed by atoms with Crippen molar-refractivity contribution in [1.82, 2.24) is 5.32 Å². The quantitative estimate of drug-likeness (QED) is 0.531. The van der Waals surface area contributed by atoms with Crippen molar-refractivity contribution in [3.63, 3.8) is 0 Å². The molecule has 3 rings (SSSR count). The first-order chi connectivity index (χ1) is 13.0. The van der Waals surface area contributed by atoms with Crippen molar-refractivity contribution < 1.29 is 13.6 Å². The van der Waals surface area contributed by atoms with Gasteiger partial charge in [0, 0.05) is 16.6 Å². The highest BCUT2D eigenvalue weighted by Gasteiger charge is 2.11. The van der Waals surface area contributed by atoms with E-state index in [9.17, 15) is 13.6 Å². The number of rotatable bonds is 7. The smallest absolute Gasteiger partial charge is 0.288 e. The van der Waals surface area contributed by atoms with Gasteiger partial charge in [0.1, 0.15) is 0 Å². The molecular weight excluding hydrogens is 366 g/mol. The van der Waals surface area contributed by atoms with Crippen LogP contribution in [0.3, 0.4) is 0 Å². The molecule has 3 nitrogen and oxygen atoms in total. The third kappa shape index (κ3) is 5.28. The summed E-state index contributed by atoms with van der Waals surface area (Å²) in [6.45, 7) is 2.17. The molecule has 0 aromatic heterocycles. The van der Waals surface area contributed by atoms with Crippen molar-refractivity contribution in [2.45, 2.75) is 23.6 Å². The van der Waals surface area contributed by atoms with Gasteiger partial charge in [0.05, 0.1) is 6.54 Å². The summed E-state index contributed by atoms with van der Waals surface area (Å²) in [7, 11) is 0. The van der Waals surface area contributed by atoms with E-state index in [2.05, 4.69) is 34.9 Å². The second-order valence-corrected chi connectivity index (χ2v) is 7.19. The first-order valence-corrected chi connectivity index (χ1v) is 9.46. The van der Waals surface area contributed by atoms with Crippen molar-refractivity contribution in [3.8, 4) is 0 Å². The third-order valence-corrected chi connectivity index (χ3v) is 4.94. The van der Waals surface area contributed by atoms with Gasteiger partial charge in [0.25, 0.3) is 5.76 Å². The number of nitrogens with one attached hydrogen (secondary N) is 2. The average Bonchev–Trinajstić information content (AvgIpc) is 2.67. The van der Waals surface area contributed by atoms with E-state index < -0.39 is 5.76 Å². The van der Waals surface area contributed by atoms with Crippen LogP contribution in [0.4, 0.5) is 14.5 Å². The zero-order valence-electron chi connectivity index (χ0n) is 14.8. The fraction of sp³-hybridized carbons (Fsp3) is 0.190. The predicted molar refractivity (Wildman–Crippen MR) is 107 cm³/mol. The molecule has 0 radical (unpaired) electrons. The molecular formula is C21H20F2N2OS. The van der Waals surface area contributed by atoms with Gasteiger partial charge in [-0.15, -0.1) is 0 Å². The van der Waals surface area contributed by atoms with E-state index in [1.54, 1.807) is 24.3 Å². The van der Waals surface area contributed by atoms with E-state index in [1.165, 1.54) is 0 Å². The Balaban J connectivity index is 1.57. The van der Waals surface area contributed by atoms with Crippen LogP contribution in [0.5, 0.6) is 0 Å². The van der Waals surface area contributed by atoms with Crippen LogP contribution in [0.2, 0.25) is 0 Å². The number of carbonyl (C=O) groups excluding carboxylic acids is 1. The summed E-state index contributed by atoms with van der Waals surface area (Å²) in [5.74, 6) is -2.64. The molecule has 2 N–H and O–H groups in total. The van der Waals surface area contributed by atoms with E-state index in [4.69, 9.17) is 0 Å². The highest BCUT2D eigenvalue weighted by molar-refractivity contribution is 7.99. The number of thioether (sulfide) groups is 1. The Morgan fingerprint density at radius 3 is 2.44 bits per heavy atom. The standard InChI is InChI=1S/C21H20F2N2OS/c1-14(18-8-4-6-15-5-2-3-7-19(15)18)24-13-20(26)25-16-9-11-17(12-10-16)27-21(22)23/h2-12,14,21,24H,13H2,1H3,(H,25,26)/t14-/m1/s1. The molecule has 0 bridgehead atoms. The van der Waals surface area contributed by atoms with Crippen LogP contribution in [0.15, 0.2) is 71.6 Å². The lowest BCUT2D eigenvalue weighted by Crippen LogP contribution is -2.30. The van der Waals surface area contributed by atoms with Crippen molar-refractivity contribution in [3.05, 3.63) is 72.3 Å². The van der Waals surface area contributed by atoms with Crippen molar-refractivity contribution in [2.24, 2.45) is 0 Å². The molecule has 0 saturated carbocycles. The Morgan fingerprint density at radius 2 is 1.70 bits per heavy atom. The SMILES string of the molecule is C[C@@H](NCC(=O)Nc1ccc(SC(F)F)cc1)c1cccc2ccccc12. The molecule has 3 aromatic carbocycles. The zero-order valence-corrected chi connectivity index (χ0v) is 15.6. The molecule has 6 heteroatoms. The first kappa shape index (κ1) is 19.3. The lowest BCUT2D eigenvalue weighted by Gasteiger charge is -2.16. The second kappa shape index (κ2) is 8.97. The van der Waals surface area contributed by atoms with Crippen LogP contribution in [0.25, 0.3) is 10.8 Å². The number of amides is 1. The van der Waals surface area contributed by atoms with E-state index in [1.807, 2.05) is 25.1 Å². The number of benzene rings is 3. The fourth-order valence-electron chi connectivity index (χ4n) is 2.91. The molecule has 0 aliphatic carbocycles. The van der Waals surface area contributed by atoms with Gasteiger partial charge < -0.3 is 10.6 Å². The van der Waals surface area contributed by atoms with Gasteiger partial charge in [-0.25, -0.2) is 0 Å². The molecule has 0 aliphatic heterocycles. The molecule has 1 amide bonds. The average molecular weight is 386 g/mol. The lowest BCUT2D eigenvalue weighted by atomic mass is 10.00. The number of alkyl halides is 2. The van der Waals surface area contributed by atoms with Crippen LogP contribution in [-0.4, -0.2) is 18.2 Å². The number of fused-ring (bicyclic) bond motifs is 1. The van der Waals surface area contributed by atoms with Gasteiger partial charge in [-0.05, 0) is 47.5 Å². The maximum Gasteiger partial charge on any atom is 0.288 e. The fourth-order valence-corrected chi connectivity index (χ4v) is 3.41. The minimum atomic E-state index is -2.45. The molecule has 0 heterocycles. The van der Waals surface area contributed by atoms with E-state index in [0.29, 0.717) is 22.3 Å². The largest absolute Gasteiger partial charge is 0.325 e. The van der Waals surface area contributed by atoms with Crippen LogP contribution < -0.4 is 10.6 Å². The van der Waals surface area contributed by atoms with E-state index in [-0.39, 0.29) is 18.5 Å². The van der Waals surface area contributed by atoms with Crippen molar-refractivity contribution in [2.75, 3.05) is 11.9 Å². The Bertz CT molecular complexity index is 910. The molecule has 0 unspecified atom stereocenters. The Hall–Kier alpha value is -2.44. The lowest BCUT2D eigenvalue weighted by molar-refractivity contribution is -0.115. The Morgan fingerprint density at radius 1 is 1.00 bits per heavy atom. The molecule has 27 heavy (non-hydrogen) atoms. The summed E-state index contributed by atoms with van der Waals surface area (Å²) in [4.78, 5) is 12.6. The summed E-state index contributed by atoms with van der Waals surface area (Å²) < 4.78 is 24.7. The minimum absolute atomic E-state index is 0.00617. The Labute approximate surface area is 161 Å². The third-order valence-electron chi connectivity index (χ3n) is 4.22. The van der Waals surface area contributed by atoms with Crippen LogP contribution in [-0.2, 0) is 4.79 Å². The molecule has 0 aliphatic rings. The van der Waals surface area contributed by atoms with Gasteiger partial charge in [0.2, 0.25) is 5.91 Å². The van der Waals surface area contributed by atoms with Crippen LogP contribution in [0, 0.1) is 0 Å². The van der Waals surface area contributed by atoms with E-state index in [0.717, 1.165) is 16.3 Å². The molecule has 0 fully saturated rings. The number of hydrogen-bond donors (Lipinski definition) is 2. The maximum absolute atomic E-state index is 12.3. The summed E-state index contributed by atoms with van der Waals surface area (Å²) in [6, 6.07) is 20.7. The number of carbonyl (C=O) groups is 1. The molecule has 0 saturated heterocycles. The number of hydrogen-bond acceptors (Lipinski definition) is 3. The maximum atomic E-state index is 12.3. The number of anilines is 1. The van der Waals surface area contributed by atoms with Crippen molar-refractivity contribution >= 4 is 34.1 Å². The van der Waals surface area contributed by atoms with Crippen LogP contribution >= 0.6 is 11.8 Å². The normalized spacial score (nSPS) is 12.3. The summed E-state index contributed by atoms with van der Waals surface area (Å²) >= 11 is 0.480. The van der Waals surface area contributed by atoms with Gasteiger partial charge in [0.15, 0.2) is 0 Å². The molecule has 140 valence electrons. The molecule has 3 aromatic rings. The first-order valence-electron chi connectivity index (χ1n) is 8.58. The van der Waals surface area contributed by atoms with Gasteiger partial charge in [-0.1, -0.05) is 54.2 Å². The Kier molecular flexibility index (Phi) is 6.42. The predicted octanol–water partition coefficient (Wildman–Crippen LogP) is 5.44. The molecule has 1 atom stereocenters.